The number of amides is 2. The minimum absolute atomic E-state index is 0.176. The zero-order valence-electron chi connectivity index (χ0n) is 20.0. The third-order valence-corrected chi connectivity index (χ3v) is 9.10. The van der Waals surface area contributed by atoms with Crippen LogP contribution in [0.4, 0.5) is 11.4 Å². The molecule has 2 aromatic rings. The molecule has 0 N–H and O–H groups in total. The molecule has 0 aliphatic heterocycles. The second-order valence-electron chi connectivity index (χ2n) is 10.9. The molecule has 0 bridgehead atoms. The lowest BCUT2D eigenvalue weighted by Gasteiger charge is -2.29. The van der Waals surface area contributed by atoms with Gasteiger partial charge in [0.15, 0.2) is 0 Å². The van der Waals surface area contributed by atoms with Crippen LogP contribution in [0.1, 0.15) is 51.4 Å². The molecule has 4 atom stereocenters. The molecule has 34 heavy (non-hydrogen) atoms. The van der Waals surface area contributed by atoms with E-state index in [9.17, 15) is 9.59 Å². The van der Waals surface area contributed by atoms with Gasteiger partial charge in [0.1, 0.15) is 0 Å². The zero-order chi connectivity index (χ0) is 23.1. The molecule has 4 heteroatoms. The molecule has 2 amide bonds. The Morgan fingerprint density at radius 1 is 0.559 bits per heavy atom. The molecule has 4 nitrogen and oxygen atoms in total. The average Bonchev–Trinajstić information content (AvgIpc) is 3.80. The van der Waals surface area contributed by atoms with Gasteiger partial charge in [-0.1, -0.05) is 62.1 Å². The first-order chi connectivity index (χ1) is 16.7. The third kappa shape index (κ3) is 4.06. The van der Waals surface area contributed by atoms with Crippen molar-refractivity contribution in [1.29, 1.82) is 0 Å². The number of carbonyl (C=O) groups excluding carboxylic acids is 2. The van der Waals surface area contributed by atoms with Crippen molar-refractivity contribution in [3.8, 4) is 0 Å². The normalized spacial score (nSPS) is 31.1. The zero-order valence-corrected chi connectivity index (χ0v) is 20.0. The number of anilines is 2. The van der Waals surface area contributed by atoms with Crippen LogP contribution >= 0.6 is 0 Å². The Bertz CT molecular complexity index is 915. The highest BCUT2D eigenvalue weighted by molar-refractivity contribution is 5.99. The van der Waals surface area contributed by atoms with E-state index in [0.717, 1.165) is 11.4 Å². The van der Waals surface area contributed by atoms with E-state index >= 15 is 0 Å². The summed E-state index contributed by atoms with van der Waals surface area (Å²) in [5, 5.41) is 0. The summed E-state index contributed by atoms with van der Waals surface area (Å²) >= 11 is 0. The van der Waals surface area contributed by atoms with Crippen LogP contribution in [0.3, 0.4) is 0 Å². The third-order valence-electron chi connectivity index (χ3n) is 9.10. The summed E-state index contributed by atoms with van der Waals surface area (Å²) in [6.07, 6.45) is 9.83. The van der Waals surface area contributed by atoms with E-state index < -0.39 is 0 Å². The molecule has 0 radical (unpaired) electrons. The fraction of sp³-hybridized carbons (Fsp3) is 0.533. The Kier molecular flexibility index (Phi) is 5.92. The molecule has 4 fully saturated rings. The molecule has 0 aromatic heterocycles. The number of benzene rings is 2. The monoisotopic (exact) mass is 456 g/mol. The van der Waals surface area contributed by atoms with E-state index in [0.29, 0.717) is 36.8 Å². The van der Waals surface area contributed by atoms with Crippen LogP contribution < -0.4 is 9.80 Å². The minimum Gasteiger partial charge on any atom is -0.310 e. The van der Waals surface area contributed by atoms with Crippen molar-refractivity contribution in [3.05, 3.63) is 60.7 Å². The van der Waals surface area contributed by atoms with Crippen molar-refractivity contribution in [3.63, 3.8) is 0 Å². The Morgan fingerprint density at radius 3 is 1.21 bits per heavy atom. The summed E-state index contributed by atoms with van der Waals surface area (Å²) < 4.78 is 0. The van der Waals surface area contributed by atoms with E-state index in [2.05, 4.69) is 0 Å². The van der Waals surface area contributed by atoms with Gasteiger partial charge in [-0.05, 0) is 73.6 Å². The Morgan fingerprint density at radius 2 is 0.882 bits per heavy atom. The van der Waals surface area contributed by atoms with E-state index in [1.165, 1.54) is 51.4 Å². The fourth-order valence-electron chi connectivity index (χ4n) is 7.23. The summed E-state index contributed by atoms with van der Waals surface area (Å²) in [4.78, 5) is 31.5. The predicted octanol–water partition coefficient (Wildman–Crippen LogP) is 5.93. The summed E-state index contributed by atoms with van der Waals surface area (Å²) in [5.74, 6) is 3.20. The first-order valence-electron chi connectivity index (χ1n) is 13.5. The maximum Gasteiger partial charge on any atom is 0.230 e. The molecule has 178 valence electrons. The first kappa shape index (κ1) is 21.9. The van der Waals surface area contributed by atoms with Crippen molar-refractivity contribution in [1.82, 2.24) is 0 Å². The number of carbonyl (C=O) groups is 2. The summed E-state index contributed by atoms with van der Waals surface area (Å²) in [5.41, 5.74) is 1.91. The summed E-state index contributed by atoms with van der Waals surface area (Å²) in [6, 6.07) is 20.2. The van der Waals surface area contributed by atoms with Gasteiger partial charge in [0, 0.05) is 36.3 Å². The van der Waals surface area contributed by atoms with E-state index in [-0.39, 0.29) is 23.7 Å². The highest BCUT2D eigenvalue weighted by Crippen LogP contribution is 2.57. The molecule has 2 aromatic carbocycles. The first-order valence-corrected chi connectivity index (χ1v) is 13.5. The highest BCUT2D eigenvalue weighted by atomic mass is 16.2. The summed E-state index contributed by atoms with van der Waals surface area (Å²) in [6.45, 7) is 1.09. The van der Waals surface area contributed by atoms with Crippen LogP contribution in [0, 0.1) is 35.5 Å². The molecule has 4 aliphatic rings. The lowest BCUT2D eigenvalue weighted by atomic mass is 10.0. The topological polar surface area (TPSA) is 40.6 Å². The number of hydrogen-bond donors (Lipinski definition) is 0. The van der Waals surface area contributed by atoms with Gasteiger partial charge < -0.3 is 9.80 Å². The van der Waals surface area contributed by atoms with Crippen molar-refractivity contribution < 1.29 is 9.59 Å². The number of para-hydroxylation sites is 2. The predicted molar refractivity (Wildman–Crippen MR) is 135 cm³/mol. The second-order valence-corrected chi connectivity index (χ2v) is 10.9. The SMILES string of the molecule is O=C(C1[C@H]2CCCC[C@H]12)N(CCN(C(=O)C1[C@H]2CCCC[C@H]12)c1ccccc1)c1ccccc1. The Labute approximate surface area is 203 Å². The molecule has 0 heterocycles. The van der Waals surface area contributed by atoms with Gasteiger partial charge in [0.25, 0.3) is 0 Å². The molecule has 4 saturated carbocycles. The Hall–Kier alpha value is -2.62. The van der Waals surface area contributed by atoms with E-state index in [1.54, 1.807) is 0 Å². The van der Waals surface area contributed by atoms with Gasteiger partial charge in [-0.15, -0.1) is 0 Å². The van der Waals surface area contributed by atoms with Crippen LogP contribution in [-0.4, -0.2) is 24.9 Å². The van der Waals surface area contributed by atoms with Gasteiger partial charge in [0.05, 0.1) is 0 Å². The van der Waals surface area contributed by atoms with E-state index in [1.807, 2.05) is 70.5 Å². The van der Waals surface area contributed by atoms with Crippen molar-refractivity contribution in [2.45, 2.75) is 51.4 Å². The van der Waals surface area contributed by atoms with Gasteiger partial charge >= 0.3 is 0 Å². The van der Waals surface area contributed by atoms with Gasteiger partial charge in [0.2, 0.25) is 11.8 Å². The maximum atomic E-state index is 13.8. The van der Waals surface area contributed by atoms with Crippen molar-refractivity contribution in [2.24, 2.45) is 35.5 Å². The quantitative estimate of drug-likeness (QED) is 0.518. The summed E-state index contributed by atoms with van der Waals surface area (Å²) in [7, 11) is 0. The molecular weight excluding hydrogens is 420 g/mol. The fourth-order valence-corrected chi connectivity index (χ4v) is 7.23. The van der Waals surface area contributed by atoms with Crippen LogP contribution in [-0.2, 0) is 9.59 Å². The number of hydrogen-bond acceptors (Lipinski definition) is 2. The molecule has 4 aliphatic carbocycles. The maximum absolute atomic E-state index is 13.8. The van der Waals surface area contributed by atoms with Gasteiger partial charge in [-0.25, -0.2) is 0 Å². The van der Waals surface area contributed by atoms with Crippen molar-refractivity contribution >= 4 is 23.2 Å². The number of rotatable bonds is 7. The molecular formula is C30H36N2O2. The van der Waals surface area contributed by atoms with Crippen molar-refractivity contribution in [2.75, 3.05) is 22.9 Å². The molecule has 0 spiro atoms. The van der Waals surface area contributed by atoms with Crippen LogP contribution in [0.2, 0.25) is 0 Å². The largest absolute Gasteiger partial charge is 0.310 e. The van der Waals surface area contributed by atoms with Gasteiger partial charge in [-0.3, -0.25) is 9.59 Å². The molecule has 0 saturated heterocycles. The number of fused-ring (bicyclic) bond motifs is 2. The average molecular weight is 457 g/mol. The van der Waals surface area contributed by atoms with E-state index in [4.69, 9.17) is 0 Å². The van der Waals surface area contributed by atoms with Gasteiger partial charge in [-0.2, -0.15) is 0 Å². The highest BCUT2D eigenvalue weighted by Gasteiger charge is 2.57. The number of nitrogens with zero attached hydrogens (tertiary/aromatic N) is 2. The minimum atomic E-state index is 0.176. The van der Waals surface area contributed by atoms with Crippen LogP contribution in [0.15, 0.2) is 60.7 Å². The Balaban J connectivity index is 1.23. The lowest BCUT2D eigenvalue weighted by Crippen LogP contribution is -2.43. The van der Waals surface area contributed by atoms with Crippen LogP contribution in [0.5, 0.6) is 0 Å². The lowest BCUT2D eigenvalue weighted by molar-refractivity contribution is -0.121. The molecule has 6 rings (SSSR count). The molecule has 0 unspecified atom stereocenters. The standard InChI is InChI=1S/C30H36N2O2/c33-29(27-23-15-7-8-16-24(23)27)31(21-11-3-1-4-12-21)19-20-32(22-13-5-2-6-14-22)30(34)28-25-17-9-10-18-26(25)28/h1-6,11-14,23-28H,7-10,15-20H2/t23-,24-,25-,26-/m0/s1. The second kappa shape index (κ2) is 9.20. The smallest absolute Gasteiger partial charge is 0.230 e. The van der Waals surface area contributed by atoms with Crippen LogP contribution in [0.25, 0.3) is 0 Å².